The van der Waals surface area contributed by atoms with E-state index in [9.17, 15) is 4.79 Å². The molecule has 7 nitrogen and oxygen atoms in total. The van der Waals surface area contributed by atoms with Crippen LogP contribution in [0.3, 0.4) is 0 Å². The first-order valence-electron chi connectivity index (χ1n) is 7.49. The predicted molar refractivity (Wildman–Crippen MR) is 88.6 cm³/mol. The Morgan fingerprint density at radius 3 is 2.71 bits per heavy atom. The van der Waals surface area contributed by atoms with Gasteiger partial charge in [0.15, 0.2) is 5.69 Å². The lowest BCUT2D eigenvalue weighted by molar-refractivity contribution is 0.0944. The van der Waals surface area contributed by atoms with Crippen LogP contribution < -0.4 is 5.32 Å². The van der Waals surface area contributed by atoms with Crippen molar-refractivity contribution in [1.29, 1.82) is 0 Å². The first-order valence-corrected chi connectivity index (χ1v) is 7.49. The smallest absolute Gasteiger partial charge is 0.273 e. The molecule has 118 valence electrons. The highest BCUT2D eigenvalue weighted by molar-refractivity contribution is 5.91. The number of H-pyrrole nitrogens is 1. The van der Waals surface area contributed by atoms with Gasteiger partial charge >= 0.3 is 0 Å². The van der Waals surface area contributed by atoms with Crippen LogP contribution in [-0.2, 0) is 6.54 Å². The fourth-order valence-electron chi connectivity index (χ4n) is 2.40. The molecule has 0 atom stereocenters. The molecule has 0 aliphatic carbocycles. The molecule has 0 fully saturated rings. The molecule has 2 aromatic heterocycles. The molecule has 0 spiro atoms. The number of imidazole rings is 1. The summed E-state index contributed by atoms with van der Waals surface area (Å²) in [6.07, 6.45) is 1.45. The molecule has 1 amide bonds. The third-order valence-corrected chi connectivity index (χ3v) is 3.57. The molecule has 2 aromatic carbocycles. The van der Waals surface area contributed by atoms with E-state index in [1.54, 1.807) is 0 Å². The standard InChI is InChI=1S/C17H14N6O/c24-17(15-10-19-23(22-15)12-6-2-1-3-7-12)18-11-16-20-13-8-4-5-9-14(13)21-16/h1-10H,11H2,(H,18,24)(H,20,21). The molecule has 2 N–H and O–H groups in total. The molecule has 4 aromatic rings. The van der Waals surface area contributed by atoms with E-state index in [0.717, 1.165) is 16.7 Å². The van der Waals surface area contributed by atoms with E-state index in [4.69, 9.17) is 0 Å². The van der Waals surface area contributed by atoms with Crippen molar-refractivity contribution in [3.8, 4) is 5.69 Å². The molecule has 0 saturated carbocycles. The number of hydrogen-bond donors (Lipinski definition) is 2. The predicted octanol–water partition coefficient (Wildman–Crippen LogP) is 2.07. The first kappa shape index (κ1) is 14.1. The topological polar surface area (TPSA) is 88.5 Å². The van der Waals surface area contributed by atoms with E-state index >= 15 is 0 Å². The summed E-state index contributed by atoms with van der Waals surface area (Å²) in [5.74, 6) is 0.401. The molecule has 0 aliphatic rings. The highest BCUT2D eigenvalue weighted by Crippen LogP contribution is 2.10. The van der Waals surface area contributed by atoms with Crippen LogP contribution in [0.5, 0.6) is 0 Å². The number of carbonyl (C=O) groups is 1. The van der Waals surface area contributed by atoms with Gasteiger partial charge in [-0.25, -0.2) is 4.98 Å². The quantitative estimate of drug-likeness (QED) is 0.603. The zero-order chi connectivity index (χ0) is 16.4. The Balaban J connectivity index is 1.45. The maximum Gasteiger partial charge on any atom is 0.273 e. The second-order valence-corrected chi connectivity index (χ2v) is 5.24. The number of benzene rings is 2. The van der Waals surface area contributed by atoms with Crippen molar-refractivity contribution >= 4 is 16.9 Å². The van der Waals surface area contributed by atoms with Gasteiger partial charge in [0.05, 0.1) is 29.5 Å². The van der Waals surface area contributed by atoms with Gasteiger partial charge in [0, 0.05) is 0 Å². The Kier molecular flexibility index (Phi) is 3.51. The van der Waals surface area contributed by atoms with Crippen molar-refractivity contribution in [3.05, 3.63) is 72.3 Å². The Morgan fingerprint density at radius 2 is 1.88 bits per heavy atom. The Morgan fingerprint density at radius 1 is 1.08 bits per heavy atom. The number of amides is 1. The third kappa shape index (κ3) is 2.74. The molecule has 0 bridgehead atoms. The minimum atomic E-state index is -0.294. The maximum atomic E-state index is 12.2. The summed E-state index contributed by atoms with van der Waals surface area (Å²) in [5.41, 5.74) is 2.87. The first-order chi connectivity index (χ1) is 11.8. The second kappa shape index (κ2) is 5.96. The van der Waals surface area contributed by atoms with Gasteiger partial charge in [-0.05, 0) is 24.3 Å². The van der Waals surface area contributed by atoms with Gasteiger partial charge in [-0.2, -0.15) is 9.90 Å². The van der Waals surface area contributed by atoms with Crippen LogP contribution in [0.25, 0.3) is 16.7 Å². The summed E-state index contributed by atoms with van der Waals surface area (Å²) in [6.45, 7) is 0.297. The van der Waals surface area contributed by atoms with E-state index < -0.39 is 0 Å². The van der Waals surface area contributed by atoms with Crippen molar-refractivity contribution in [2.75, 3.05) is 0 Å². The van der Waals surface area contributed by atoms with Crippen LogP contribution in [0.15, 0.2) is 60.8 Å². The van der Waals surface area contributed by atoms with Crippen LogP contribution in [0.1, 0.15) is 16.3 Å². The summed E-state index contributed by atoms with van der Waals surface area (Å²) in [5, 5.41) is 11.1. The minimum Gasteiger partial charge on any atom is -0.343 e. The third-order valence-electron chi connectivity index (χ3n) is 3.57. The van der Waals surface area contributed by atoms with E-state index in [1.807, 2.05) is 54.6 Å². The van der Waals surface area contributed by atoms with Crippen molar-refractivity contribution in [2.45, 2.75) is 6.54 Å². The van der Waals surface area contributed by atoms with Crippen LogP contribution in [0.2, 0.25) is 0 Å². The van der Waals surface area contributed by atoms with Crippen LogP contribution in [0, 0.1) is 0 Å². The second-order valence-electron chi connectivity index (χ2n) is 5.24. The summed E-state index contributed by atoms with van der Waals surface area (Å²) in [6, 6.07) is 17.2. The summed E-state index contributed by atoms with van der Waals surface area (Å²) in [4.78, 5) is 21.2. The van der Waals surface area contributed by atoms with Gasteiger partial charge in [-0.3, -0.25) is 4.79 Å². The van der Waals surface area contributed by atoms with Gasteiger partial charge in [0.2, 0.25) is 0 Å². The number of nitrogens with one attached hydrogen (secondary N) is 2. The number of aromatic nitrogens is 5. The highest BCUT2D eigenvalue weighted by atomic mass is 16.2. The van der Waals surface area contributed by atoms with Crippen LogP contribution in [-0.4, -0.2) is 30.9 Å². The summed E-state index contributed by atoms with van der Waals surface area (Å²) in [7, 11) is 0. The summed E-state index contributed by atoms with van der Waals surface area (Å²) < 4.78 is 0. The van der Waals surface area contributed by atoms with Crippen molar-refractivity contribution < 1.29 is 4.79 Å². The zero-order valence-corrected chi connectivity index (χ0v) is 12.7. The lowest BCUT2D eigenvalue weighted by Crippen LogP contribution is -2.24. The van der Waals surface area contributed by atoms with E-state index in [-0.39, 0.29) is 11.6 Å². The van der Waals surface area contributed by atoms with Crippen LogP contribution in [0.4, 0.5) is 0 Å². The van der Waals surface area contributed by atoms with Gasteiger partial charge < -0.3 is 10.3 Å². The SMILES string of the molecule is O=C(NCc1nc2ccccc2[nH]1)c1cnn(-c2ccccc2)n1. The largest absolute Gasteiger partial charge is 0.343 e. The number of para-hydroxylation sites is 3. The number of nitrogens with zero attached hydrogens (tertiary/aromatic N) is 4. The number of aromatic amines is 1. The van der Waals surface area contributed by atoms with Gasteiger partial charge in [-0.1, -0.05) is 30.3 Å². The molecule has 0 aliphatic heterocycles. The average Bonchev–Trinajstić information content (AvgIpc) is 3.27. The Bertz CT molecular complexity index is 955. The van der Waals surface area contributed by atoms with E-state index in [2.05, 4.69) is 25.5 Å². The van der Waals surface area contributed by atoms with E-state index in [1.165, 1.54) is 11.0 Å². The molecule has 0 radical (unpaired) electrons. The number of fused-ring (bicyclic) bond motifs is 1. The molecular formula is C17H14N6O. The lowest BCUT2D eigenvalue weighted by atomic mass is 10.3. The van der Waals surface area contributed by atoms with Gasteiger partial charge in [-0.15, -0.1) is 5.10 Å². The maximum absolute atomic E-state index is 12.2. The molecule has 24 heavy (non-hydrogen) atoms. The number of rotatable bonds is 4. The lowest BCUT2D eigenvalue weighted by Gasteiger charge is -2.00. The fourth-order valence-corrected chi connectivity index (χ4v) is 2.40. The number of hydrogen-bond acceptors (Lipinski definition) is 4. The molecule has 4 rings (SSSR count). The highest BCUT2D eigenvalue weighted by Gasteiger charge is 2.12. The minimum absolute atomic E-state index is 0.259. The Labute approximate surface area is 137 Å². The van der Waals surface area contributed by atoms with Crippen molar-refractivity contribution in [1.82, 2.24) is 30.3 Å². The van der Waals surface area contributed by atoms with Gasteiger partial charge in [0.25, 0.3) is 5.91 Å². The zero-order valence-electron chi connectivity index (χ0n) is 12.7. The Hall–Kier alpha value is -3.48. The normalized spacial score (nSPS) is 10.8. The monoisotopic (exact) mass is 318 g/mol. The molecule has 7 heteroatoms. The van der Waals surface area contributed by atoms with Gasteiger partial charge in [0.1, 0.15) is 5.82 Å². The average molecular weight is 318 g/mol. The van der Waals surface area contributed by atoms with Crippen LogP contribution >= 0.6 is 0 Å². The molecule has 0 saturated heterocycles. The van der Waals surface area contributed by atoms with Crippen molar-refractivity contribution in [3.63, 3.8) is 0 Å². The summed E-state index contributed by atoms with van der Waals surface area (Å²) >= 11 is 0. The molecule has 0 unspecified atom stereocenters. The molecule has 2 heterocycles. The molecular weight excluding hydrogens is 304 g/mol. The van der Waals surface area contributed by atoms with Crippen molar-refractivity contribution in [2.24, 2.45) is 0 Å². The number of carbonyl (C=O) groups excluding carboxylic acids is 1. The van der Waals surface area contributed by atoms with E-state index in [0.29, 0.717) is 12.4 Å². The fraction of sp³-hybridized carbons (Fsp3) is 0.0588.